The van der Waals surface area contributed by atoms with Crippen molar-refractivity contribution in [1.82, 2.24) is 14.5 Å². The number of benzene rings is 2. The lowest BCUT2D eigenvalue weighted by atomic mass is 10.0. The Morgan fingerprint density at radius 3 is 2.59 bits per heavy atom. The molecule has 6 nitrogen and oxygen atoms in total. The van der Waals surface area contributed by atoms with E-state index in [2.05, 4.69) is 9.62 Å². The zero-order valence-electron chi connectivity index (χ0n) is 17.3. The third-order valence-corrected chi connectivity index (χ3v) is 6.99. The molecule has 1 aliphatic rings. The van der Waals surface area contributed by atoms with Crippen molar-refractivity contribution in [2.24, 2.45) is 0 Å². The molecule has 1 unspecified atom stereocenters. The lowest BCUT2D eigenvalue weighted by molar-refractivity contribution is 0.0635. The minimum Gasteiger partial charge on any atom is -0.337 e. The van der Waals surface area contributed by atoms with Gasteiger partial charge in [0.15, 0.2) is 0 Å². The second-order valence-electron chi connectivity index (χ2n) is 7.80. The van der Waals surface area contributed by atoms with Crippen LogP contribution in [0.3, 0.4) is 0 Å². The van der Waals surface area contributed by atoms with Crippen molar-refractivity contribution < 1.29 is 13.2 Å². The van der Waals surface area contributed by atoms with Crippen LogP contribution in [0.2, 0.25) is 0 Å². The van der Waals surface area contributed by atoms with Gasteiger partial charge in [-0.1, -0.05) is 36.4 Å². The highest BCUT2D eigenvalue weighted by atomic mass is 32.2. The third kappa shape index (κ3) is 5.23. The first-order valence-electron chi connectivity index (χ1n) is 9.88. The number of hydrogen-bond donors (Lipinski definition) is 1. The van der Waals surface area contributed by atoms with Crippen molar-refractivity contribution in [1.29, 1.82) is 0 Å². The van der Waals surface area contributed by atoms with Crippen LogP contribution in [0.25, 0.3) is 0 Å². The molecule has 1 N–H and O–H groups in total. The fraction of sp³-hybridized carbons (Fsp3) is 0.409. The Hall–Kier alpha value is -2.22. The number of carbonyl (C=O) groups is 1. The summed E-state index contributed by atoms with van der Waals surface area (Å²) < 4.78 is 28.4. The predicted molar refractivity (Wildman–Crippen MR) is 114 cm³/mol. The number of hydrogen-bond acceptors (Lipinski definition) is 4. The first-order valence-corrected chi connectivity index (χ1v) is 11.4. The van der Waals surface area contributed by atoms with E-state index in [1.165, 1.54) is 6.07 Å². The SMILES string of the molecule is Cc1ccc(C(=O)N2CCCC(N(C)C)C2)cc1S(=O)(=O)NCc1ccccc1. The van der Waals surface area contributed by atoms with Crippen molar-refractivity contribution >= 4 is 15.9 Å². The van der Waals surface area contributed by atoms with E-state index < -0.39 is 10.0 Å². The van der Waals surface area contributed by atoms with Crippen LogP contribution in [0.1, 0.15) is 34.3 Å². The van der Waals surface area contributed by atoms with Crippen molar-refractivity contribution in [3.63, 3.8) is 0 Å². The number of piperidine rings is 1. The van der Waals surface area contributed by atoms with Crippen LogP contribution in [0.4, 0.5) is 0 Å². The van der Waals surface area contributed by atoms with Gasteiger partial charge < -0.3 is 9.80 Å². The van der Waals surface area contributed by atoms with E-state index >= 15 is 0 Å². The number of carbonyl (C=O) groups excluding carboxylic acids is 1. The zero-order valence-corrected chi connectivity index (χ0v) is 18.1. The highest BCUT2D eigenvalue weighted by Gasteiger charge is 2.27. The van der Waals surface area contributed by atoms with Gasteiger partial charge >= 0.3 is 0 Å². The molecule has 0 spiro atoms. The summed E-state index contributed by atoms with van der Waals surface area (Å²) in [7, 11) is 0.314. The maximum atomic E-state index is 13.0. The highest BCUT2D eigenvalue weighted by Crippen LogP contribution is 2.21. The maximum Gasteiger partial charge on any atom is 0.253 e. The smallest absolute Gasteiger partial charge is 0.253 e. The largest absolute Gasteiger partial charge is 0.337 e. The van der Waals surface area contributed by atoms with E-state index in [0.717, 1.165) is 18.4 Å². The van der Waals surface area contributed by atoms with E-state index in [1.807, 2.05) is 49.3 Å². The van der Waals surface area contributed by atoms with Crippen molar-refractivity contribution in [3.05, 3.63) is 65.2 Å². The summed E-state index contributed by atoms with van der Waals surface area (Å²) >= 11 is 0. The number of sulfonamides is 1. The van der Waals surface area contributed by atoms with Crippen LogP contribution in [0.15, 0.2) is 53.4 Å². The van der Waals surface area contributed by atoms with Gasteiger partial charge in [0.25, 0.3) is 5.91 Å². The summed E-state index contributed by atoms with van der Waals surface area (Å²) in [6.07, 6.45) is 2.01. The molecule has 0 bridgehead atoms. The topological polar surface area (TPSA) is 69.7 Å². The minimum atomic E-state index is -3.73. The number of aryl methyl sites for hydroxylation is 1. The second kappa shape index (κ2) is 9.07. The summed E-state index contributed by atoms with van der Waals surface area (Å²) in [5.41, 5.74) is 1.91. The number of likely N-dealkylation sites (N-methyl/N-ethyl adjacent to an activating group) is 1. The molecule has 2 aromatic carbocycles. The van der Waals surface area contributed by atoms with Gasteiger partial charge in [-0.3, -0.25) is 4.79 Å². The van der Waals surface area contributed by atoms with E-state index in [0.29, 0.717) is 30.3 Å². The molecular formula is C22H29N3O3S. The quantitative estimate of drug-likeness (QED) is 0.788. The maximum absolute atomic E-state index is 13.0. The normalized spacial score (nSPS) is 17.5. The monoisotopic (exact) mass is 415 g/mol. The van der Waals surface area contributed by atoms with Crippen molar-refractivity contribution in [2.75, 3.05) is 27.2 Å². The van der Waals surface area contributed by atoms with Crippen LogP contribution in [-0.2, 0) is 16.6 Å². The Labute approximate surface area is 173 Å². The van der Waals surface area contributed by atoms with E-state index in [1.54, 1.807) is 19.1 Å². The molecule has 1 amide bonds. The second-order valence-corrected chi connectivity index (χ2v) is 9.54. The molecular weight excluding hydrogens is 386 g/mol. The first-order chi connectivity index (χ1) is 13.8. The van der Waals surface area contributed by atoms with Gasteiger partial charge in [0.2, 0.25) is 10.0 Å². The van der Waals surface area contributed by atoms with E-state index in [9.17, 15) is 13.2 Å². The van der Waals surface area contributed by atoms with Crippen LogP contribution in [0.5, 0.6) is 0 Å². The molecule has 0 radical (unpaired) electrons. The molecule has 1 aliphatic heterocycles. The third-order valence-electron chi connectivity index (χ3n) is 5.45. The van der Waals surface area contributed by atoms with Crippen LogP contribution in [0, 0.1) is 6.92 Å². The molecule has 156 valence electrons. The molecule has 0 saturated carbocycles. The molecule has 29 heavy (non-hydrogen) atoms. The molecule has 2 aromatic rings. The standard InChI is InChI=1S/C22H29N3O3S/c1-17-11-12-19(22(26)25-13-7-10-20(16-25)24(2)3)14-21(17)29(27,28)23-15-18-8-5-4-6-9-18/h4-6,8-9,11-12,14,20,23H,7,10,13,15-16H2,1-3H3. The fourth-order valence-electron chi connectivity index (χ4n) is 3.62. The fourth-order valence-corrected chi connectivity index (χ4v) is 4.90. The van der Waals surface area contributed by atoms with Crippen LogP contribution in [-0.4, -0.2) is 57.4 Å². The molecule has 1 fully saturated rings. The molecule has 0 aliphatic carbocycles. The first kappa shape index (κ1) is 21.5. The van der Waals surface area contributed by atoms with Gasteiger partial charge in [-0.25, -0.2) is 13.1 Å². The summed E-state index contributed by atoms with van der Waals surface area (Å²) in [6.45, 7) is 3.31. The summed E-state index contributed by atoms with van der Waals surface area (Å²) in [4.78, 5) is 17.1. The zero-order chi connectivity index (χ0) is 21.0. The van der Waals surface area contributed by atoms with Crippen molar-refractivity contribution in [2.45, 2.75) is 37.2 Å². The van der Waals surface area contributed by atoms with Gasteiger partial charge in [0.1, 0.15) is 0 Å². The number of nitrogens with one attached hydrogen (secondary N) is 1. The van der Waals surface area contributed by atoms with E-state index in [4.69, 9.17) is 0 Å². The Kier molecular flexibility index (Phi) is 6.72. The Balaban J connectivity index is 1.79. The Bertz CT molecular complexity index is 959. The molecule has 3 rings (SSSR count). The summed E-state index contributed by atoms with van der Waals surface area (Å²) in [5, 5.41) is 0. The Morgan fingerprint density at radius 1 is 1.17 bits per heavy atom. The molecule has 7 heteroatoms. The van der Waals surface area contributed by atoms with Gasteiger partial charge in [-0.15, -0.1) is 0 Å². The molecule has 1 heterocycles. The van der Waals surface area contributed by atoms with Gasteiger partial charge in [-0.2, -0.15) is 0 Å². The van der Waals surface area contributed by atoms with Crippen LogP contribution < -0.4 is 4.72 Å². The van der Waals surface area contributed by atoms with Crippen molar-refractivity contribution in [3.8, 4) is 0 Å². The number of rotatable bonds is 6. The predicted octanol–water partition coefficient (Wildman–Crippen LogP) is 2.64. The molecule has 0 aromatic heterocycles. The average Bonchev–Trinajstić information content (AvgIpc) is 2.73. The lowest BCUT2D eigenvalue weighted by Crippen LogP contribution is -2.47. The molecule has 1 atom stereocenters. The van der Waals surface area contributed by atoms with Crippen LogP contribution >= 0.6 is 0 Å². The molecule has 1 saturated heterocycles. The Morgan fingerprint density at radius 2 is 1.90 bits per heavy atom. The summed E-state index contributed by atoms with van der Waals surface area (Å²) in [5.74, 6) is -0.115. The number of amides is 1. The average molecular weight is 416 g/mol. The lowest BCUT2D eigenvalue weighted by Gasteiger charge is -2.36. The van der Waals surface area contributed by atoms with Gasteiger partial charge in [0, 0.05) is 31.2 Å². The highest BCUT2D eigenvalue weighted by molar-refractivity contribution is 7.89. The number of nitrogens with zero attached hydrogens (tertiary/aromatic N) is 2. The summed E-state index contributed by atoms with van der Waals surface area (Å²) in [6, 6.07) is 14.6. The number of likely N-dealkylation sites (tertiary alicyclic amines) is 1. The van der Waals surface area contributed by atoms with Gasteiger partial charge in [-0.05, 0) is 57.1 Å². The minimum absolute atomic E-state index is 0.115. The van der Waals surface area contributed by atoms with Gasteiger partial charge in [0.05, 0.1) is 4.90 Å². The van der Waals surface area contributed by atoms with E-state index in [-0.39, 0.29) is 17.3 Å².